The first-order valence-corrected chi connectivity index (χ1v) is 11.2. The third-order valence-electron chi connectivity index (χ3n) is 5.76. The maximum atomic E-state index is 12.8. The largest absolute Gasteiger partial charge is 0.490 e. The number of methoxy groups -OCH3 is 2. The first-order chi connectivity index (χ1) is 15.3. The standard InChI is InChI=1S/C23H33F3O6/c1-15-16(9-8-12-23(24,25)26)20(32-18-11-5-7-14-30-18)22(28-3)21(27-2)19(15)31-17-10-4-6-13-29-17/h17-18H,4-14H2,1-3H3. The third kappa shape index (κ3) is 6.34. The molecule has 2 aliphatic rings. The molecule has 0 saturated carbocycles. The summed E-state index contributed by atoms with van der Waals surface area (Å²) in [6.45, 7) is 2.98. The molecule has 182 valence electrons. The zero-order chi connectivity index (χ0) is 23.1. The maximum absolute atomic E-state index is 12.8. The van der Waals surface area contributed by atoms with Crippen molar-refractivity contribution in [3.05, 3.63) is 11.1 Å². The average molecular weight is 463 g/mol. The Morgan fingerprint density at radius 1 is 0.812 bits per heavy atom. The van der Waals surface area contributed by atoms with Crippen LogP contribution >= 0.6 is 0 Å². The predicted molar refractivity (Wildman–Crippen MR) is 112 cm³/mol. The molecule has 2 aliphatic heterocycles. The van der Waals surface area contributed by atoms with Crippen molar-refractivity contribution >= 4 is 0 Å². The van der Waals surface area contributed by atoms with E-state index in [4.69, 9.17) is 28.4 Å². The molecule has 32 heavy (non-hydrogen) atoms. The van der Waals surface area contributed by atoms with Gasteiger partial charge in [-0.05, 0) is 45.4 Å². The van der Waals surface area contributed by atoms with Crippen molar-refractivity contribution in [2.45, 2.75) is 83.5 Å². The highest BCUT2D eigenvalue weighted by Gasteiger charge is 2.32. The summed E-state index contributed by atoms with van der Waals surface area (Å²) >= 11 is 0. The van der Waals surface area contributed by atoms with Crippen LogP contribution in [0.5, 0.6) is 23.0 Å². The second kappa shape index (κ2) is 11.3. The van der Waals surface area contributed by atoms with Crippen LogP contribution in [0.15, 0.2) is 0 Å². The number of alkyl halides is 3. The second-order valence-electron chi connectivity index (χ2n) is 8.12. The van der Waals surface area contributed by atoms with E-state index in [1.165, 1.54) is 14.2 Å². The van der Waals surface area contributed by atoms with Gasteiger partial charge in [-0.3, -0.25) is 0 Å². The van der Waals surface area contributed by atoms with E-state index in [0.717, 1.165) is 32.1 Å². The van der Waals surface area contributed by atoms with Crippen LogP contribution in [0.1, 0.15) is 62.5 Å². The van der Waals surface area contributed by atoms with Gasteiger partial charge in [0.15, 0.2) is 24.1 Å². The molecular weight excluding hydrogens is 429 g/mol. The van der Waals surface area contributed by atoms with Gasteiger partial charge in [0.2, 0.25) is 11.5 Å². The Bertz CT molecular complexity index is 740. The van der Waals surface area contributed by atoms with Crippen molar-refractivity contribution in [3.63, 3.8) is 0 Å². The summed E-state index contributed by atoms with van der Waals surface area (Å²) in [6.07, 6.45) is -0.722. The Hall–Kier alpha value is -1.87. The quantitative estimate of drug-likeness (QED) is 0.469. The van der Waals surface area contributed by atoms with Crippen LogP contribution in [-0.2, 0) is 15.9 Å². The minimum atomic E-state index is -4.23. The first-order valence-electron chi connectivity index (χ1n) is 11.2. The topological polar surface area (TPSA) is 55.4 Å². The molecule has 0 amide bonds. The molecule has 0 bridgehead atoms. The Morgan fingerprint density at radius 2 is 1.34 bits per heavy atom. The Kier molecular flexibility index (Phi) is 8.76. The minimum Gasteiger partial charge on any atom is -0.490 e. The molecule has 2 unspecified atom stereocenters. The van der Waals surface area contributed by atoms with Crippen molar-refractivity contribution in [3.8, 4) is 23.0 Å². The first kappa shape index (κ1) is 24.8. The molecule has 0 spiro atoms. The normalized spacial score (nSPS) is 21.8. The summed E-state index contributed by atoms with van der Waals surface area (Å²) in [7, 11) is 2.97. The van der Waals surface area contributed by atoms with Gasteiger partial charge in [-0.25, -0.2) is 0 Å². The predicted octanol–water partition coefficient (Wildman–Crippen LogP) is 5.71. The highest BCUT2D eigenvalue weighted by molar-refractivity contribution is 5.67. The molecule has 2 saturated heterocycles. The minimum absolute atomic E-state index is 0.0823. The number of ether oxygens (including phenoxy) is 6. The van der Waals surface area contributed by atoms with Crippen molar-refractivity contribution < 1.29 is 41.6 Å². The van der Waals surface area contributed by atoms with Gasteiger partial charge in [0.05, 0.1) is 27.4 Å². The van der Waals surface area contributed by atoms with Crippen molar-refractivity contribution in [2.75, 3.05) is 27.4 Å². The lowest BCUT2D eigenvalue weighted by Gasteiger charge is -2.30. The Morgan fingerprint density at radius 3 is 1.81 bits per heavy atom. The number of hydrogen-bond donors (Lipinski definition) is 0. The van der Waals surface area contributed by atoms with Crippen LogP contribution in [0.25, 0.3) is 0 Å². The highest BCUT2D eigenvalue weighted by Crippen LogP contribution is 2.51. The molecule has 0 aromatic heterocycles. The van der Waals surface area contributed by atoms with Crippen LogP contribution in [0.2, 0.25) is 0 Å². The van der Waals surface area contributed by atoms with E-state index in [1.807, 2.05) is 0 Å². The molecular formula is C23H33F3O6. The number of hydrogen-bond acceptors (Lipinski definition) is 6. The summed E-state index contributed by atoms with van der Waals surface area (Å²) in [5, 5.41) is 0. The lowest BCUT2D eigenvalue weighted by atomic mass is 9.98. The fourth-order valence-corrected chi connectivity index (χ4v) is 4.10. The van der Waals surface area contributed by atoms with E-state index in [0.29, 0.717) is 53.8 Å². The molecule has 2 heterocycles. The van der Waals surface area contributed by atoms with Gasteiger partial charge >= 0.3 is 6.18 Å². The molecule has 2 atom stereocenters. The van der Waals surface area contributed by atoms with Crippen LogP contribution in [0.4, 0.5) is 13.2 Å². The Labute approximate surface area is 187 Å². The molecule has 3 rings (SSSR count). The molecule has 6 nitrogen and oxygen atoms in total. The molecule has 0 radical (unpaired) electrons. The molecule has 0 aliphatic carbocycles. The van der Waals surface area contributed by atoms with E-state index in [9.17, 15) is 13.2 Å². The van der Waals surface area contributed by atoms with Crippen LogP contribution in [-0.4, -0.2) is 46.2 Å². The van der Waals surface area contributed by atoms with E-state index < -0.39 is 25.2 Å². The van der Waals surface area contributed by atoms with Crippen molar-refractivity contribution in [1.29, 1.82) is 0 Å². The van der Waals surface area contributed by atoms with Gasteiger partial charge < -0.3 is 28.4 Å². The van der Waals surface area contributed by atoms with Crippen LogP contribution in [0.3, 0.4) is 0 Å². The van der Waals surface area contributed by atoms with Gasteiger partial charge in [0.25, 0.3) is 0 Å². The maximum Gasteiger partial charge on any atom is 0.389 e. The lowest BCUT2D eigenvalue weighted by molar-refractivity contribution is -0.135. The number of rotatable bonds is 9. The monoisotopic (exact) mass is 462 g/mol. The van der Waals surface area contributed by atoms with Crippen molar-refractivity contribution in [1.82, 2.24) is 0 Å². The zero-order valence-electron chi connectivity index (χ0n) is 19.0. The number of halogens is 3. The average Bonchev–Trinajstić information content (AvgIpc) is 2.78. The summed E-state index contributed by atoms with van der Waals surface area (Å²) in [5.41, 5.74) is 1.26. The fourth-order valence-electron chi connectivity index (χ4n) is 4.10. The Balaban J connectivity index is 1.99. The molecule has 9 heteroatoms. The van der Waals surface area contributed by atoms with Gasteiger partial charge in [0, 0.05) is 30.4 Å². The van der Waals surface area contributed by atoms with Crippen molar-refractivity contribution in [2.24, 2.45) is 0 Å². The molecule has 1 aromatic rings. The van der Waals surface area contributed by atoms with E-state index in [2.05, 4.69) is 0 Å². The summed E-state index contributed by atoms with van der Waals surface area (Å²) in [6, 6.07) is 0. The van der Waals surface area contributed by atoms with E-state index in [1.54, 1.807) is 6.92 Å². The number of benzene rings is 1. The summed E-state index contributed by atoms with van der Waals surface area (Å²) in [5.74, 6) is 1.40. The molecule has 2 fully saturated rings. The van der Waals surface area contributed by atoms with Crippen LogP contribution < -0.4 is 18.9 Å². The highest BCUT2D eigenvalue weighted by atomic mass is 19.4. The van der Waals surface area contributed by atoms with Gasteiger partial charge in [0.1, 0.15) is 0 Å². The fraction of sp³-hybridized carbons (Fsp3) is 0.739. The third-order valence-corrected chi connectivity index (χ3v) is 5.76. The smallest absolute Gasteiger partial charge is 0.389 e. The second-order valence-corrected chi connectivity index (χ2v) is 8.12. The summed E-state index contributed by atoms with van der Waals surface area (Å²) < 4.78 is 73.5. The SMILES string of the molecule is COc1c(OC2CCCCO2)c(C)c(CCCC(F)(F)F)c(OC2CCCCO2)c1OC. The van der Waals surface area contributed by atoms with E-state index >= 15 is 0 Å². The summed E-state index contributed by atoms with van der Waals surface area (Å²) in [4.78, 5) is 0. The lowest BCUT2D eigenvalue weighted by Crippen LogP contribution is -2.27. The van der Waals surface area contributed by atoms with Gasteiger partial charge in [-0.2, -0.15) is 13.2 Å². The zero-order valence-corrected chi connectivity index (χ0v) is 19.0. The molecule has 0 N–H and O–H groups in total. The van der Waals surface area contributed by atoms with Gasteiger partial charge in [-0.15, -0.1) is 0 Å². The molecule has 1 aromatic carbocycles. The van der Waals surface area contributed by atoms with Crippen LogP contribution in [0, 0.1) is 6.92 Å². The van der Waals surface area contributed by atoms with E-state index in [-0.39, 0.29) is 12.8 Å². The van der Waals surface area contributed by atoms with Gasteiger partial charge in [-0.1, -0.05) is 0 Å².